The van der Waals surface area contributed by atoms with Gasteiger partial charge < -0.3 is 23.7 Å². The molecule has 41 heavy (non-hydrogen) atoms. The van der Waals surface area contributed by atoms with Crippen LogP contribution in [0.25, 0.3) is 0 Å². The fraction of sp³-hybridized carbons (Fsp3) is 0.444. The van der Waals surface area contributed by atoms with Gasteiger partial charge in [0.05, 0.1) is 13.2 Å². The van der Waals surface area contributed by atoms with Crippen molar-refractivity contribution in [2.75, 3.05) is 13.2 Å². The number of benzene rings is 2. The van der Waals surface area contributed by atoms with E-state index in [0.717, 1.165) is 61.2 Å². The molecule has 0 N–H and O–H groups in total. The van der Waals surface area contributed by atoms with Crippen molar-refractivity contribution < 1.29 is 23.7 Å². The third-order valence-corrected chi connectivity index (χ3v) is 7.21. The summed E-state index contributed by atoms with van der Waals surface area (Å²) in [5.74, 6) is -0.255. The Labute approximate surface area is 246 Å². The predicted octanol–water partition coefficient (Wildman–Crippen LogP) is 8.93. The highest BCUT2D eigenvalue weighted by Crippen LogP contribution is 2.37. The Bertz CT molecular complexity index is 1060. The minimum atomic E-state index is -0.946. The summed E-state index contributed by atoms with van der Waals surface area (Å²) in [6.45, 7) is 6.66. The van der Waals surface area contributed by atoms with E-state index in [1.807, 2.05) is 60.7 Å². The van der Waals surface area contributed by atoms with Gasteiger partial charge in [-0.1, -0.05) is 100 Å². The number of hydrogen-bond acceptors (Lipinski definition) is 5. The molecule has 0 heterocycles. The third-order valence-electron chi connectivity index (χ3n) is 7.21. The SMILES string of the molecule is CCCCCOC1(OC2(OCCCCC)C=CC(OCc3ccccc3)=CC2)C=CC(OCc2ccccc2)=CC1. The molecule has 5 heteroatoms. The van der Waals surface area contributed by atoms with Gasteiger partial charge in [0.15, 0.2) is 11.6 Å². The maximum Gasteiger partial charge on any atom is 0.195 e. The molecule has 4 rings (SSSR count). The highest BCUT2D eigenvalue weighted by molar-refractivity contribution is 5.26. The van der Waals surface area contributed by atoms with E-state index >= 15 is 0 Å². The van der Waals surface area contributed by atoms with Crippen molar-refractivity contribution in [2.45, 2.75) is 90.0 Å². The van der Waals surface area contributed by atoms with E-state index < -0.39 is 11.6 Å². The zero-order chi connectivity index (χ0) is 28.6. The number of allylic oxidation sites excluding steroid dienone is 2. The lowest BCUT2D eigenvalue weighted by Crippen LogP contribution is -2.47. The van der Waals surface area contributed by atoms with Crippen molar-refractivity contribution in [2.24, 2.45) is 0 Å². The molecule has 0 bridgehead atoms. The fourth-order valence-corrected chi connectivity index (χ4v) is 4.78. The van der Waals surface area contributed by atoms with Crippen molar-refractivity contribution in [3.8, 4) is 0 Å². The molecule has 0 amide bonds. The van der Waals surface area contributed by atoms with Crippen LogP contribution in [0.15, 0.2) is 109 Å². The second-order valence-electron chi connectivity index (χ2n) is 10.7. The van der Waals surface area contributed by atoms with Crippen LogP contribution in [0.1, 0.15) is 76.3 Å². The van der Waals surface area contributed by atoms with Crippen molar-refractivity contribution in [1.82, 2.24) is 0 Å². The van der Waals surface area contributed by atoms with Gasteiger partial charge in [-0.05, 0) is 60.4 Å². The van der Waals surface area contributed by atoms with Crippen molar-refractivity contribution in [3.63, 3.8) is 0 Å². The topological polar surface area (TPSA) is 46.2 Å². The molecule has 0 radical (unpaired) electrons. The van der Waals surface area contributed by atoms with Gasteiger partial charge in [-0.15, -0.1) is 0 Å². The first kappa shape index (κ1) is 30.8. The van der Waals surface area contributed by atoms with E-state index in [2.05, 4.69) is 50.3 Å². The van der Waals surface area contributed by atoms with E-state index in [-0.39, 0.29) is 0 Å². The van der Waals surface area contributed by atoms with Crippen molar-refractivity contribution in [3.05, 3.63) is 120 Å². The van der Waals surface area contributed by atoms with Crippen LogP contribution in [0.4, 0.5) is 0 Å². The van der Waals surface area contributed by atoms with Crippen LogP contribution in [-0.4, -0.2) is 24.8 Å². The average molecular weight is 559 g/mol. The molecule has 2 aromatic carbocycles. The second-order valence-corrected chi connectivity index (χ2v) is 10.7. The van der Waals surface area contributed by atoms with Crippen LogP contribution in [0.2, 0.25) is 0 Å². The van der Waals surface area contributed by atoms with E-state index in [9.17, 15) is 0 Å². The molecule has 2 atom stereocenters. The average Bonchev–Trinajstić information content (AvgIpc) is 3.02. The van der Waals surface area contributed by atoms with Crippen LogP contribution in [0.3, 0.4) is 0 Å². The molecule has 0 spiro atoms. The van der Waals surface area contributed by atoms with Gasteiger partial charge in [-0.2, -0.15) is 0 Å². The molecular weight excluding hydrogens is 512 g/mol. The highest BCUT2D eigenvalue weighted by Gasteiger charge is 2.42. The number of rotatable bonds is 18. The van der Waals surface area contributed by atoms with E-state index in [1.54, 1.807) is 0 Å². The van der Waals surface area contributed by atoms with E-state index in [0.29, 0.717) is 39.3 Å². The van der Waals surface area contributed by atoms with Crippen LogP contribution >= 0.6 is 0 Å². The molecule has 2 unspecified atom stereocenters. The van der Waals surface area contributed by atoms with Crippen molar-refractivity contribution in [1.29, 1.82) is 0 Å². The highest BCUT2D eigenvalue weighted by atomic mass is 16.8. The standard InChI is InChI=1S/C36H46O5/c1-3-5-13-27-39-35(23-19-33(20-24-35)37-29-31-15-9-7-10-16-31)41-36(40-28-14-6-4-2)25-21-34(22-26-36)38-30-32-17-11-8-12-18-32/h7-12,15-23,25H,3-6,13-14,24,26-30H2,1-2H3. The Morgan fingerprint density at radius 1 is 0.585 bits per heavy atom. The smallest absolute Gasteiger partial charge is 0.195 e. The molecule has 220 valence electrons. The summed E-state index contributed by atoms with van der Waals surface area (Å²) in [6.07, 6.45) is 19.6. The van der Waals surface area contributed by atoms with Crippen LogP contribution in [0, 0.1) is 0 Å². The summed E-state index contributed by atoms with van der Waals surface area (Å²) < 4.78 is 32.0. The maximum atomic E-state index is 6.87. The van der Waals surface area contributed by atoms with Crippen LogP contribution < -0.4 is 0 Å². The fourth-order valence-electron chi connectivity index (χ4n) is 4.78. The first-order chi connectivity index (χ1) is 20.1. The minimum absolute atomic E-state index is 0.520. The third kappa shape index (κ3) is 10.0. The predicted molar refractivity (Wildman–Crippen MR) is 164 cm³/mol. The first-order valence-electron chi connectivity index (χ1n) is 15.2. The lowest BCUT2D eigenvalue weighted by molar-refractivity contribution is -0.322. The Hall–Kier alpha value is -3.12. The quantitative estimate of drug-likeness (QED) is 0.135. The van der Waals surface area contributed by atoms with Gasteiger partial charge in [-0.25, -0.2) is 0 Å². The van der Waals surface area contributed by atoms with Gasteiger partial charge in [-0.3, -0.25) is 0 Å². The molecule has 0 saturated carbocycles. The summed E-state index contributed by atoms with van der Waals surface area (Å²) in [7, 11) is 0. The van der Waals surface area contributed by atoms with Crippen LogP contribution in [0.5, 0.6) is 0 Å². The summed E-state index contributed by atoms with van der Waals surface area (Å²) >= 11 is 0. The monoisotopic (exact) mass is 558 g/mol. The van der Waals surface area contributed by atoms with Gasteiger partial charge in [0.1, 0.15) is 24.7 Å². The zero-order valence-corrected chi connectivity index (χ0v) is 24.8. The number of ether oxygens (including phenoxy) is 5. The molecule has 5 nitrogen and oxygen atoms in total. The lowest BCUT2D eigenvalue weighted by atomic mass is 10.0. The van der Waals surface area contributed by atoms with E-state index in [4.69, 9.17) is 23.7 Å². The molecular formula is C36H46O5. The normalized spacial score (nSPS) is 21.8. The molecule has 0 fully saturated rings. The second kappa shape index (κ2) is 16.4. The van der Waals surface area contributed by atoms with E-state index in [1.165, 1.54) is 0 Å². The Morgan fingerprint density at radius 2 is 1.02 bits per heavy atom. The summed E-state index contributed by atoms with van der Waals surface area (Å²) in [5, 5.41) is 0. The van der Waals surface area contributed by atoms with Gasteiger partial charge in [0.2, 0.25) is 0 Å². The largest absolute Gasteiger partial charge is 0.489 e. The lowest BCUT2D eigenvalue weighted by Gasteiger charge is -2.42. The number of hydrogen-bond donors (Lipinski definition) is 0. The molecule has 2 aliphatic carbocycles. The van der Waals surface area contributed by atoms with Crippen molar-refractivity contribution >= 4 is 0 Å². The van der Waals surface area contributed by atoms with Gasteiger partial charge >= 0.3 is 0 Å². The summed E-state index contributed by atoms with van der Waals surface area (Å²) in [4.78, 5) is 0. The Kier molecular flexibility index (Phi) is 12.3. The molecule has 0 aliphatic heterocycles. The number of unbranched alkanes of at least 4 members (excludes halogenated alkanes) is 4. The Balaban J connectivity index is 1.45. The van der Waals surface area contributed by atoms with Gasteiger partial charge in [0, 0.05) is 12.8 Å². The Morgan fingerprint density at radius 3 is 1.39 bits per heavy atom. The molecule has 0 saturated heterocycles. The zero-order valence-electron chi connectivity index (χ0n) is 24.8. The minimum Gasteiger partial charge on any atom is -0.489 e. The maximum absolute atomic E-state index is 6.87. The summed E-state index contributed by atoms with van der Waals surface area (Å²) in [6, 6.07) is 20.4. The summed E-state index contributed by atoms with van der Waals surface area (Å²) in [5.41, 5.74) is 2.27. The molecule has 2 aliphatic rings. The van der Waals surface area contributed by atoms with Crippen LogP contribution in [-0.2, 0) is 36.9 Å². The molecule has 2 aromatic rings. The molecule has 0 aromatic heterocycles. The first-order valence-corrected chi connectivity index (χ1v) is 15.2. The van der Waals surface area contributed by atoms with Gasteiger partial charge in [0.25, 0.3) is 0 Å².